The van der Waals surface area contributed by atoms with E-state index in [1.54, 1.807) is 32.2 Å². The molecule has 1 amide bonds. The Balaban J connectivity index is 1.64. The molecule has 0 aliphatic heterocycles. The number of thiophene rings is 1. The van der Waals surface area contributed by atoms with Gasteiger partial charge in [-0.2, -0.15) is 0 Å². The Morgan fingerprint density at radius 3 is 2.58 bits per heavy atom. The number of fused-ring (bicyclic) bond motifs is 1. The molecule has 0 bridgehead atoms. The zero-order valence-electron chi connectivity index (χ0n) is 17.3. The summed E-state index contributed by atoms with van der Waals surface area (Å²) in [6.45, 7) is 1.56. The van der Waals surface area contributed by atoms with Crippen molar-refractivity contribution in [3.8, 4) is 21.9 Å². The number of hydrogen-bond donors (Lipinski definition) is 1. The number of hydrogen-bond acceptors (Lipinski definition) is 6. The first-order valence-corrected chi connectivity index (χ1v) is 10.4. The van der Waals surface area contributed by atoms with Gasteiger partial charge in [0.25, 0.3) is 5.56 Å². The molecule has 0 aliphatic carbocycles. The van der Waals surface area contributed by atoms with Crippen molar-refractivity contribution >= 4 is 33.1 Å². The van der Waals surface area contributed by atoms with Crippen LogP contribution in [0.1, 0.15) is 5.82 Å². The van der Waals surface area contributed by atoms with Gasteiger partial charge in [-0.25, -0.2) is 4.98 Å². The topological polar surface area (TPSA) is 82.4 Å². The van der Waals surface area contributed by atoms with Gasteiger partial charge in [-0.05, 0) is 30.7 Å². The molecule has 0 saturated heterocycles. The summed E-state index contributed by atoms with van der Waals surface area (Å²) in [4.78, 5) is 32.0. The largest absolute Gasteiger partial charge is 0.497 e. The number of carbonyl (C=O) groups excluding carboxylic acids is 1. The second-order valence-electron chi connectivity index (χ2n) is 6.86. The SMILES string of the molecule is COc1ccc(OC)c(NC(=O)Cn2c(C)nc3sc(-c4ccccc4)cc3c2=O)c1. The number of nitrogens with one attached hydrogen (secondary N) is 1. The summed E-state index contributed by atoms with van der Waals surface area (Å²) >= 11 is 1.46. The van der Waals surface area contributed by atoms with Crippen molar-refractivity contribution in [2.24, 2.45) is 0 Å². The first kappa shape index (κ1) is 20.6. The third-order valence-electron chi connectivity index (χ3n) is 4.88. The Hall–Kier alpha value is -3.65. The van der Waals surface area contributed by atoms with Crippen molar-refractivity contribution in [3.05, 3.63) is 70.8 Å². The lowest BCUT2D eigenvalue weighted by atomic mass is 10.2. The Morgan fingerprint density at radius 1 is 1.10 bits per heavy atom. The summed E-state index contributed by atoms with van der Waals surface area (Å²) in [5.74, 6) is 1.19. The number of methoxy groups -OCH3 is 2. The molecule has 0 spiro atoms. The lowest BCUT2D eigenvalue weighted by molar-refractivity contribution is -0.116. The normalized spacial score (nSPS) is 10.8. The Kier molecular flexibility index (Phi) is 5.73. The maximum atomic E-state index is 13.1. The van der Waals surface area contributed by atoms with E-state index in [1.807, 2.05) is 36.4 Å². The average Bonchev–Trinajstić information content (AvgIpc) is 3.21. The smallest absolute Gasteiger partial charge is 0.262 e. The van der Waals surface area contributed by atoms with Crippen LogP contribution in [0.2, 0.25) is 0 Å². The van der Waals surface area contributed by atoms with Gasteiger partial charge in [-0.15, -0.1) is 11.3 Å². The Bertz CT molecular complexity index is 1310. The minimum Gasteiger partial charge on any atom is -0.497 e. The lowest BCUT2D eigenvalue weighted by Gasteiger charge is -2.13. The molecule has 2 heterocycles. The van der Waals surface area contributed by atoms with E-state index in [4.69, 9.17) is 9.47 Å². The molecule has 2 aromatic carbocycles. The summed E-state index contributed by atoms with van der Waals surface area (Å²) < 4.78 is 11.9. The third-order valence-corrected chi connectivity index (χ3v) is 5.96. The molecule has 0 fully saturated rings. The molecule has 158 valence electrons. The lowest BCUT2D eigenvalue weighted by Crippen LogP contribution is -2.30. The molecule has 31 heavy (non-hydrogen) atoms. The van der Waals surface area contributed by atoms with Crippen LogP contribution in [0.5, 0.6) is 11.5 Å². The van der Waals surface area contributed by atoms with Crippen LogP contribution in [0.15, 0.2) is 59.4 Å². The van der Waals surface area contributed by atoms with Gasteiger partial charge in [-0.1, -0.05) is 30.3 Å². The number of benzene rings is 2. The molecule has 2 aromatic heterocycles. The van der Waals surface area contributed by atoms with Crippen molar-refractivity contribution in [3.63, 3.8) is 0 Å². The van der Waals surface area contributed by atoms with Crippen molar-refractivity contribution in [2.45, 2.75) is 13.5 Å². The molecule has 4 aromatic rings. The van der Waals surface area contributed by atoms with Gasteiger partial charge in [0, 0.05) is 10.9 Å². The van der Waals surface area contributed by atoms with Crippen molar-refractivity contribution in [1.82, 2.24) is 9.55 Å². The number of amides is 1. The minimum atomic E-state index is -0.364. The number of nitrogens with zero attached hydrogens (tertiary/aromatic N) is 2. The average molecular weight is 436 g/mol. The van der Waals surface area contributed by atoms with Gasteiger partial charge >= 0.3 is 0 Å². The summed E-state index contributed by atoms with van der Waals surface area (Å²) in [6, 6.07) is 16.8. The van der Waals surface area contributed by atoms with Gasteiger partial charge in [0.15, 0.2) is 0 Å². The van der Waals surface area contributed by atoms with Crippen LogP contribution in [0.4, 0.5) is 5.69 Å². The molecule has 0 atom stereocenters. The van der Waals surface area contributed by atoms with E-state index < -0.39 is 0 Å². The van der Waals surface area contributed by atoms with E-state index >= 15 is 0 Å². The molecule has 1 N–H and O–H groups in total. The number of rotatable bonds is 6. The highest BCUT2D eigenvalue weighted by Crippen LogP contribution is 2.31. The van der Waals surface area contributed by atoms with Gasteiger partial charge in [0.05, 0.1) is 25.3 Å². The number of anilines is 1. The molecule has 0 radical (unpaired) electrons. The van der Waals surface area contributed by atoms with Gasteiger partial charge in [0.1, 0.15) is 28.7 Å². The molecule has 0 saturated carbocycles. The van der Waals surface area contributed by atoms with Crippen LogP contribution >= 0.6 is 11.3 Å². The van der Waals surface area contributed by atoms with Gasteiger partial charge < -0.3 is 14.8 Å². The number of ether oxygens (including phenoxy) is 2. The van der Waals surface area contributed by atoms with Gasteiger partial charge in [-0.3, -0.25) is 14.2 Å². The fourth-order valence-electron chi connectivity index (χ4n) is 3.29. The third kappa shape index (κ3) is 4.15. The first-order chi connectivity index (χ1) is 15.0. The highest BCUT2D eigenvalue weighted by atomic mass is 32.1. The van der Waals surface area contributed by atoms with E-state index in [0.717, 1.165) is 10.4 Å². The zero-order valence-corrected chi connectivity index (χ0v) is 18.2. The van der Waals surface area contributed by atoms with Crippen LogP contribution in [0, 0.1) is 6.92 Å². The predicted octanol–water partition coefficient (Wildman–Crippen LogP) is 4.09. The summed E-state index contributed by atoms with van der Waals surface area (Å²) in [5.41, 5.74) is 1.25. The monoisotopic (exact) mass is 435 g/mol. The zero-order chi connectivity index (χ0) is 22.0. The van der Waals surface area contributed by atoms with Crippen LogP contribution in [-0.2, 0) is 11.3 Å². The van der Waals surface area contributed by atoms with Crippen LogP contribution < -0.4 is 20.3 Å². The fourth-order valence-corrected chi connectivity index (χ4v) is 4.37. The maximum absolute atomic E-state index is 13.1. The van der Waals surface area contributed by atoms with E-state index in [1.165, 1.54) is 23.0 Å². The summed E-state index contributed by atoms with van der Waals surface area (Å²) in [5, 5.41) is 3.29. The van der Waals surface area contributed by atoms with E-state index in [2.05, 4.69) is 10.3 Å². The molecule has 0 aliphatic rings. The summed E-state index contributed by atoms with van der Waals surface area (Å²) in [7, 11) is 3.06. The highest BCUT2D eigenvalue weighted by Gasteiger charge is 2.16. The van der Waals surface area contributed by atoms with E-state index in [-0.39, 0.29) is 18.0 Å². The molecular formula is C23H21N3O4S. The highest BCUT2D eigenvalue weighted by molar-refractivity contribution is 7.21. The maximum Gasteiger partial charge on any atom is 0.262 e. The second-order valence-corrected chi connectivity index (χ2v) is 7.89. The molecule has 7 nitrogen and oxygen atoms in total. The Labute approximate surface area is 182 Å². The van der Waals surface area contributed by atoms with E-state index in [9.17, 15) is 9.59 Å². The summed E-state index contributed by atoms with van der Waals surface area (Å²) in [6.07, 6.45) is 0. The van der Waals surface area contributed by atoms with Crippen molar-refractivity contribution in [1.29, 1.82) is 0 Å². The predicted molar refractivity (Wildman–Crippen MR) is 122 cm³/mol. The fraction of sp³-hybridized carbons (Fsp3) is 0.174. The molecule has 0 unspecified atom stereocenters. The number of aromatic nitrogens is 2. The minimum absolute atomic E-state index is 0.162. The first-order valence-electron chi connectivity index (χ1n) is 9.58. The molecular weight excluding hydrogens is 414 g/mol. The van der Waals surface area contributed by atoms with Crippen LogP contribution in [-0.4, -0.2) is 29.7 Å². The van der Waals surface area contributed by atoms with E-state index in [0.29, 0.717) is 33.2 Å². The number of carbonyl (C=O) groups is 1. The van der Waals surface area contributed by atoms with Crippen molar-refractivity contribution in [2.75, 3.05) is 19.5 Å². The Morgan fingerprint density at radius 2 is 1.87 bits per heavy atom. The number of aryl methyl sites for hydroxylation is 1. The molecule has 4 rings (SSSR count). The molecule has 8 heteroatoms. The second kappa shape index (κ2) is 8.61. The quantitative estimate of drug-likeness (QED) is 0.493. The van der Waals surface area contributed by atoms with Crippen molar-refractivity contribution < 1.29 is 14.3 Å². The van der Waals surface area contributed by atoms with Crippen LogP contribution in [0.3, 0.4) is 0 Å². The van der Waals surface area contributed by atoms with Crippen LogP contribution in [0.25, 0.3) is 20.7 Å². The standard InChI is InChI=1S/C23H21N3O4S/c1-14-24-22-17(12-20(31-22)15-7-5-4-6-8-15)23(28)26(14)13-21(27)25-18-11-16(29-2)9-10-19(18)30-3/h4-12H,13H2,1-3H3,(H,25,27). The van der Waals surface area contributed by atoms with Gasteiger partial charge in [0.2, 0.25) is 5.91 Å².